The average Bonchev–Trinajstić information content (AvgIpc) is 2.53. The normalized spacial score (nSPS) is 15.5. The van der Waals surface area contributed by atoms with Crippen molar-refractivity contribution in [3.8, 4) is 11.5 Å². The third-order valence-electron chi connectivity index (χ3n) is 3.79. The van der Waals surface area contributed by atoms with Crippen LogP contribution < -0.4 is 20.5 Å². The van der Waals surface area contributed by atoms with Gasteiger partial charge in [0, 0.05) is 12.6 Å². The predicted octanol–water partition coefficient (Wildman–Crippen LogP) is 1.98. The molecule has 0 saturated heterocycles. The number of ether oxygens (including phenoxy) is 2. The summed E-state index contributed by atoms with van der Waals surface area (Å²) in [7, 11) is 1.57. The topological polar surface area (TPSA) is 73.6 Å². The van der Waals surface area contributed by atoms with Crippen LogP contribution in [0.4, 0.5) is 0 Å². The van der Waals surface area contributed by atoms with E-state index >= 15 is 0 Å². The number of nitrogens with one attached hydrogen (secondary N) is 1. The molecule has 0 atom stereocenters. The molecule has 0 aliphatic heterocycles. The summed E-state index contributed by atoms with van der Waals surface area (Å²) in [6, 6.07) is 5.79. The number of hydrogen-bond acceptors (Lipinski definition) is 4. The summed E-state index contributed by atoms with van der Waals surface area (Å²) < 4.78 is 10.8. The highest BCUT2D eigenvalue weighted by Crippen LogP contribution is 2.27. The van der Waals surface area contributed by atoms with E-state index in [1.807, 2.05) is 12.1 Å². The van der Waals surface area contributed by atoms with Gasteiger partial charge in [0.05, 0.1) is 7.11 Å². The minimum atomic E-state index is -0.0770. The molecule has 0 aromatic heterocycles. The molecule has 1 aromatic rings. The Hall–Kier alpha value is -1.75. The van der Waals surface area contributed by atoms with Gasteiger partial charge >= 0.3 is 0 Å². The van der Waals surface area contributed by atoms with E-state index in [1.54, 1.807) is 13.2 Å². The van der Waals surface area contributed by atoms with Gasteiger partial charge in [0.15, 0.2) is 18.1 Å². The maximum Gasteiger partial charge on any atom is 0.258 e. The number of rotatable bonds is 6. The van der Waals surface area contributed by atoms with Gasteiger partial charge in [-0.3, -0.25) is 4.79 Å². The van der Waals surface area contributed by atoms with Gasteiger partial charge in [-0.15, -0.1) is 0 Å². The van der Waals surface area contributed by atoms with E-state index in [0.29, 0.717) is 24.1 Å². The number of amides is 1. The van der Waals surface area contributed by atoms with Gasteiger partial charge in [0.2, 0.25) is 0 Å². The van der Waals surface area contributed by atoms with Crippen LogP contribution in [0.2, 0.25) is 0 Å². The molecule has 0 spiro atoms. The molecule has 0 radical (unpaired) electrons. The Bertz CT molecular complexity index is 471. The molecule has 1 saturated carbocycles. The number of benzene rings is 1. The van der Waals surface area contributed by atoms with Crippen molar-refractivity contribution >= 4 is 5.91 Å². The fourth-order valence-electron chi connectivity index (χ4n) is 2.62. The van der Waals surface area contributed by atoms with Crippen LogP contribution in [0.3, 0.4) is 0 Å². The quantitative estimate of drug-likeness (QED) is 0.841. The van der Waals surface area contributed by atoms with Crippen LogP contribution in [0.15, 0.2) is 18.2 Å². The molecule has 0 heterocycles. The van der Waals surface area contributed by atoms with E-state index in [0.717, 1.165) is 18.4 Å². The molecule has 3 N–H and O–H groups in total. The lowest BCUT2D eigenvalue weighted by Crippen LogP contribution is -2.39. The largest absolute Gasteiger partial charge is 0.493 e. The lowest BCUT2D eigenvalue weighted by atomic mass is 9.95. The zero-order valence-electron chi connectivity index (χ0n) is 12.6. The molecule has 1 amide bonds. The number of nitrogens with two attached hydrogens (primary N) is 1. The Morgan fingerprint density at radius 3 is 2.71 bits per heavy atom. The first-order chi connectivity index (χ1) is 10.2. The van der Waals surface area contributed by atoms with Crippen molar-refractivity contribution in [2.75, 3.05) is 13.7 Å². The predicted molar refractivity (Wildman–Crippen MR) is 81.4 cm³/mol. The minimum Gasteiger partial charge on any atom is -0.493 e. The molecule has 1 aliphatic carbocycles. The van der Waals surface area contributed by atoms with Gasteiger partial charge in [-0.1, -0.05) is 25.3 Å². The molecule has 2 rings (SSSR count). The van der Waals surface area contributed by atoms with Crippen molar-refractivity contribution in [3.05, 3.63) is 23.8 Å². The van der Waals surface area contributed by atoms with Gasteiger partial charge in [-0.05, 0) is 30.5 Å². The minimum absolute atomic E-state index is 0.00876. The Labute approximate surface area is 125 Å². The first kappa shape index (κ1) is 15.6. The van der Waals surface area contributed by atoms with Gasteiger partial charge < -0.3 is 20.5 Å². The number of carbonyl (C=O) groups excluding carboxylic acids is 1. The molecular formula is C16H24N2O3. The van der Waals surface area contributed by atoms with Crippen molar-refractivity contribution < 1.29 is 14.3 Å². The third kappa shape index (κ3) is 4.63. The smallest absolute Gasteiger partial charge is 0.258 e. The summed E-state index contributed by atoms with van der Waals surface area (Å²) >= 11 is 0. The maximum atomic E-state index is 11.9. The second kappa shape index (κ2) is 7.88. The average molecular weight is 292 g/mol. The monoisotopic (exact) mass is 292 g/mol. The van der Waals surface area contributed by atoms with Crippen molar-refractivity contribution in [3.63, 3.8) is 0 Å². The second-order valence-electron chi connectivity index (χ2n) is 5.38. The lowest BCUT2D eigenvalue weighted by molar-refractivity contribution is -0.124. The summed E-state index contributed by atoms with van der Waals surface area (Å²) in [6.45, 7) is 0.452. The number of hydrogen-bond donors (Lipinski definition) is 2. The maximum absolute atomic E-state index is 11.9. The van der Waals surface area contributed by atoms with Gasteiger partial charge in [0.25, 0.3) is 5.91 Å². The molecular weight excluding hydrogens is 268 g/mol. The zero-order chi connectivity index (χ0) is 15.1. The first-order valence-electron chi connectivity index (χ1n) is 7.52. The SMILES string of the molecule is COc1cc(CN)ccc1OCC(=O)NC1CCCCC1. The molecule has 1 fully saturated rings. The fraction of sp³-hybridized carbons (Fsp3) is 0.562. The third-order valence-corrected chi connectivity index (χ3v) is 3.79. The molecule has 5 nitrogen and oxygen atoms in total. The van der Waals surface area contributed by atoms with Gasteiger partial charge in [-0.25, -0.2) is 0 Å². The zero-order valence-corrected chi connectivity index (χ0v) is 12.6. The van der Waals surface area contributed by atoms with Crippen LogP contribution in [-0.2, 0) is 11.3 Å². The highest BCUT2D eigenvalue weighted by molar-refractivity contribution is 5.78. The van der Waals surface area contributed by atoms with Crippen LogP contribution >= 0.6 is 0 Å². The Balaban J connectivity index is 1.85. The highest BCUT2D eigenvalue weighted by atomic mass is 16.5. The van der Waals surface area contributed by atoms with Crippen LogP contribution in [-0.4, -0.2) is 25.7 Å². The molecule has 5 heteroatoms. The van der Waals surface area contributed by atoms with Gasteiger partial charge in [-0.2, -0.15) is 0 Å². The summed E-state index contributed by atoms with van der Waals surface area (Å²) in [5.41, 5.74) is 6.55. The summed E-state index contributed by atoms with van der Waals surface area (Å²) in [5, 5.41) is 3.02. The van der Waals surface area contributed by atoms with Crippen LogP contribution in [0.25, 0.3) is 0 Å². The van der Waals surface area contributed by atoms with E-state index in [1.165, 1.54) is 19.3 Å². The van der Waals surface area contributed by atoms with E-state index in [4.69, 9.17) is 15.2 Å². The number of methoxy groups -OCH3 is 1. The van der Waals surface area contributed by atoms with Crippen molar-refractivity contribution in [2.24, 2.45) is 5.73 Å². The Kier molecular flexibility index (Phi) is 5.87. The molecule has 21 heavy (non-hydrogen) atoms. The Morgan fingerprint density at radius 2 is 2.05 bits per heavy atom. The van der Waals surface area contributed by atoms with Gasteiger partial charge in [0.1, 0.15) is 0 Å². The second-order valence-corrected chi connectivity index (χ2v) is 5.38. The Morgan fingerprint density at radius 1 is 1.29 bits per heavy atom. The molecule has 1 aliphatic rings. The lowest BCUT2D eigenvalue weighted by Gasteiger charge is -2.22. The summed E-state index contributed by atoms with van der Waals surface area (Å²) in [5.74, 6) is 1.09. The van der Waals surface area contributed by atoms with Crippen molar-refractivity contribution in [1.29, 1.82) is 0 Å². The summed E-state index contributed by atoms with van der Waals surface area (Å²) in [4.78, 5) is 11.9. The standard InChI is InChI=1S/C16H24N2O3/c1-20-15-9-12(10-17)7-8-14(15)21-11-16(19)18-13-5-3-2-4-6-13/h7-9,13H,2-6,10-11,17H2,1H3,(H,18,19). The molecule has 0 unspecified atom stereocenters. The number of carbonyl (C=O) groups is 1. The fourth-order valence-corrected chi connectivity index (χ4v) is 2.62. The molecule has 116 valence electrons. The highest BCUT2D eigenvalue weighted by Gasteiger charge is 2.16. The van der Waals surface area contributed by atoms with E-state index in [-0.39, 0.29) is 12.5 Å². The summed E-state index contributed by atoms with van der Waals surface area (Å²) in [6.07, 6.45) is 5.80. The van der Waals surface area contributed by atoms with Crippen LogP contribution in [0, 0.1) is 0 Å². The molecule has 0 bridgehead atoms. The first-order valence-corrected chi connectivity index (χ1v) is 7.52. The van der Waals surface area contributed by atoms with E-state index < -0.39 is 0 Å². The van der Waals surface area contributed by atoms with E-state index in [2.05, 4.69) is 5.32 Å². The van der Waals surface area contributed by atoms with Crippen molar-refractivity contribution in [1.82, 2.24) is 5.32 Å². The van der Waals surface area contributed by atoms with Crippen LogP contribution in [0.5, 0.6) is 11.5 Å². The van der Waals surface area contributed by atoms with Crippen molar-refractivity contribution in [2.45, 2.75) is 44.7 Å². The molecule has 1 aromatic carbocycles. The van der Waals surface area contributed by atoms with Crippen LogP contribution in [0.1, 0.15) is 37.7 Å². The van der Waals surface area contributed by atoms with E-state index in [9.17, 15) is 4.79 Å².